The third kappa shape index (κ3) is 3.22. The van der Waals surface area contributed by atoms with Crippen LogP contribution in [0.4, 0.5) is 0 Å². The van der Waals surface area contributed by atoms with Crippen molar-refractivity contribution >= 4 is 11.8 Å². The molecule has 0 aliphatic heterocycles. The van der Waals surface area contributed by atoms with Crippen LogP contribution in [0.25, 0.3) is 11.3 Å². The van der Waals surface area contributed by atoms with Crippen LogP contribution in [0.1, 0.15) is 18.4 Å². The summed E-state index contributed by atoms with van der Waals surface area (Å²) in [6, 6.07) is 18.9. The van der Waals surface area contributed by atoms with Crippen LogP contribution in [0.3, 0.4) is 0 Å². The fraction of sp³-hybridized carbons (Fsp3) is 0.222. The van der Waals surface area contributed by atoms with Gasteiger partial charge in [0.25, 0.3) is 0 Å². The Labute approximate surface area is 134 Å². The first kappa shape index (κ1) is 13.6. The van der Waals surface area contributed by atoms with E-state index in [1.54, 1.807) is 0 Å². The summed E-state index contributed by atoms with van der Waals surface area (Å²) in [6.07, 6.45) is 4.73. The molecule has 3 nitrogen and oxygen atoms in total. The van der Waals surface area contributed by atoms with E-state index >= 15 is 0 Å². The van der Waals surface area contributed by atoms with Crippen LogP contribution in [0.15, 0.2) is 65.7 Å². The average molecular weight is 307 g/mol. The lowest BCUT2D eigenvalue weighted by Gasteiger charge is -2.04. The molecule has 0 spiro atoms. The van der Waals surface area contributed by atoms with E-state index in [1.807, 2.05) is 40.8 Å². The Morgan fingerprint density at radius 1 is 1.05 bits per heavy atom. The lowest BCUT2D eigenvalue weighted by molar-refractivity contribution is 0.649. The van der Waals surface area contributed by atoms with Crippen molar-refractivity contribution in [3.8, 4) is 11.3 Å². The molecule has 4 heteroatoms. The van der Waals surface area contributed by atoms with Gasteiger partial charge in [-0.25, -0.2) is 4.68 Å². The van der Waals surface area contributed by atoms with Crippen LogP contribution >= 0.6 is 11.8 Å². The minimum absolute atomic E-state index is 0.763. The third-order valence-electron chi connectivity index (χ3n) is 3.68. The quantitative estimate of drug-likeness (QED) is 0.706. The summed E-state index contributed by atoms with van der Waals surface area (Å²) in [7, 11) is 0. The number of thioether (sulfide) groups is 1. The highest BCUT2D eigenvalue weighted by molar-refractivity contribution is 8.00. The van der Waals surface area contributed by atoms with Crippen molar-refractivity contribution in [3.05, 3.63) is 66.4 Å². The Morgan fingerprint density at radius 3 is 2.73 bits per heavy atom. The summed E-state index contributed by atoms with van der Waals surface area (Å²) < 4.78 is 1.91. The van der Waals surface area contributed by atoms with Gasteiger partial charge in [0.2, 0.25) is 0 Å². The van der Waals surface area contributed by atoms with E-state index in [9.17, 15) is 0 Å². The minimum Gasteiger partial charge on any atom is -0.247 e. The molecule has 0 saturated heterocycles. The molecule has 0 radical (unpaired) electrons. The zero-order valence-electron chi connectivity index (χ0n) is 12.2. The first-order valence-corrected chi connectivity index (χ1v) is 8.46. The highest BCUT2D eigenvalue weighted by atomic mass is 32.2. The monoisotopic (exact) mass is 307 g/mol. The van der Waals surface area contributed by atoms with Gasteiger partial charge in [-0.1, -0.05) is 47.7 Å². The van der Waals surface area contributed by atoms with Crippen molar-refractivity contribution in [1.29, 1.82) is 0 Å². The Balaban J connectivity index is 1.50. The van der Waals surface area contributed by atoms with Gasteiger partial charge in [0.1, 0.15) is 5.69 Å². The molecular weight excluding hydrogens is 290 g/mol. The SMILES string of the molecule is c1ccc(-c2cn(Cc3cccc(SC4CC4)c3)nn2)cc1. The van der Waals surface area contributed by atoms with Gasteiger partial charge >= 0.3 is 0 Å². The first-order chi connectivity index (χ1) is 10.9. The van der Waals surface area contributed by atoms with Crippen LogP contribution in [-0.4, -0.2) is 20.2 Å². The van der Waals surface area contributed by atoms with Crippen LogP contribution in [0.2, 0.25) is 0 Å². The second kappa shape index (κ2) is 5.97. The van der Waals surface area contributed by atoms with Crippen molar-refractivity contribution in [2.24, 2.45) is 0 Å². The lowest BCUT2D eigenvalue weighted by Crippen LogP contribution is -2.00. The Hall–Kier alpha value is -2.07. The number of aromatic nitrogens is 3. The van der Waals surface area contributed by atoms with Gasteiger partial charge in [-0.3, -0.25) is 0 Å². The first-order valence-electron chi connectivity index (χ1n) is 7.58. The van der Waals surface area contributed by atoms with Gasteiger partial charge in [-0.2, -0.15) is 0 Å². The fourth-order valence-corrected chi connectivity index (χ4v) is 3.53. The molecule has 0 bridgehead atoms. The van der Waals surface area contributed by atoms with Gasteiger partial charge in [-0.15, -0.1) is 16.9 Å². The molecule has 0 N–H and O–H groups in total. The summed E-state index contributed by atoms with van der Waals surface area (Å²) >= 11 is 1.99. The zero-order valence-corrected chi connectivity index (χ0v) is 13.0. The second-order valence-electron chi connectivity index (χ2n) is 5.63. The third-order valence-corrected chi connectivity index (χ3v) is 5.01. The zero-order chi connectivity index (χ0) is 14.8. The van der Waals surface area contributed by atoms with Gasteiger partial charge in [-0.05, 0) is 30.5 Å². The molecule has 1 aliphatic carbocycles. The summed E-state index contributed by atoms with van der Waals surface area (Å²) in [5.74, 6) is 0. The molecule has 2 aromatic carbocycles. The van der Waals surface area contributed by atoms with E-state index in [0.29, 0.717) is 0 Å². The van der Waals surface area contributed by atoms with Crippen LogP contribution in [-0.2, 0) is 6.54 Å². The molecule has 22 heavy (non-hydrogen) atoms. The molecule has 1 aromatic heterocycles. The van der Waals surface area contributed by atoms with Gasteiger partial charge < -0.3 is 0 Å². The number of hydrogen-bond donors (Lipinski definition) is 0. The normalized spacial score (nSPS) is 14.2. The number of hydrogen-bond acceptors (Lipinski definition) is 3. The summed E-state index contributed by atoms with van der Waals surface area (Å²) in [6.45, 7) is 0.763. The van der Waals surface area contributed by atoms with Gasteiger partial charge in [0, 0.05) is 15.7 Å². The maximum atomic E-state index is 4.27. The fourth-order valence-electron chi connectivity index (χ4n) is 2.40. The Kier molecular flexibility index (Phi) is 3.69. The van der Waals surface area contributed by atoms with E-state index in [0.717, 1.165) is 23.1 Å². The van der Waals surface area contributed by atoms with E-state index < -0.39 is 0 Å². The molecule has 0 atom stereocenters. The van der Waals surface area contributed by atoms with Crippen molar-refractivity contribution in [1.82, 2.24) is 15.0 Å². The summed E-state index contributed by atoms with van der Waals surface area (Å²) in [4.78, 5) is 1.36. The lowest BCUT2D eigenvalue weighted by atomic mass is 10.2. The van der Waals surface area contributed by atoms with Crippen LogP contribution in [0.5, 0.6) is 0 Å². The Morgan fingerprint density at radius 2 is 1.91 bits per heavy atom. The maximum absolute atomic E-state index is 4.27. The van der Waals surface area contributed by atoms with Crippen molar-refractivity contribution in [3.63, 3.8) is 0 Å². The summed E-state index contributed by atoms with van der Waals surface area (Å²) in [5.41, 5.74) is 3.30. The van der Waals surface area contributed by atoms with Crippen LogP contribution < -0.4 is 0 Å². The molecule has 1 aliphatic rings. The molecule has 110 valence electrons. The maximum Gasteiger partial charge on any atom is 0.113 e. The number of nitrogens with zero attached hydrogens (tertiary/aromatic N) is 3. The average Bonchev–Trinajstić information content (AvgIpc) is 3.24. The highest BCUT2D eigenvalue weighted by Gasteiger charge is 2.22. The predicted molar refractivity (Wildman–Crippen MR) is 89.9 cm³/mol. The molecule has 1 fully saturated rings. The molecule has 0 unspecified atom stereocenters. The predicted octanol–water partition coefficient (Wildman–Crippen LogP) is 4.25. The van der Waals surface area contributed by atoms with Crippen molar-refractivity contribution in [2.45, 2.75) is 29.5 Å². The highest BCUT2D eigenvalue weighted by Crippen LogP contribution is 2.39. The van der Waals surface area contributed by atoms with E-state index in [4.69, 9.17) is 0 Å². The number of rotatable bonds is 5. The minimum atomic E-state index is 0.763. The molecule has 1 heterocycles. The topological polar surface area (TPSA) is 30.7 Å². The molecule has 1 saturated carbocycles. The van der Waals surface area contributed by atoms with Gasteiger partial charge in [0.15, 0.2) is 0 Å². The Bertz CT molecular complexity index is 763. The van der Waals surface area contributed by atoms with E-state index in [-0.39, 0.29) is 0 Å². The molecule has 4 rings (SSSR count). The standard InChI is InChI=1S/C18H17N3S/c1-2-6-15(7-3-1)18-13-21(20-19-18)12-14-5-4-8-17(11-14)22-16-9-10-16/h1-8,11,13,16H,9-10,12H2. The van der Waals surface area contributed by atoms with Crippen LogP contribution in [0, 0.1) is 0 Å². The second-order valence-corrected chi connectivity index (χ2v) is 7.01. The van der Waals surface area contributed by atoms with Crippen molar-refractivity contribution < 1.29 is 0 Å². The molecular formula is C18H17N3S. The summed E-state index contributed by atoms with van der Waals surface area (Å²) in [5, 5.41) is 9.36. The molecule has 3 aromatic rings. The largest absolute Gasteiger partial charge is 0.247 e. The van der Waals surface area contributed by atoms with Crippen molar-refractivity contribution in [2.75, 3.05) is 0 Å². The molecule has 0 amide bonds. The smallest absolute Gasteiger partial charge is 0.113 e. The van der Waals surface area contributed by atoms with E-state index in [2.05, 4.69) is 46.7 Å². The van der Waals surface area contributed by atoms with Gasteiger partial charge in [0.05, 0.1) is 12.7 Å². The number of benzene rings is 2. The van der Waals surface area contributed by atoms with E-state index in [1.165, 1.54) is 23.3 Å².